The number of allylic oxidation sites excluding steroid dienone is 2. The minimum absolute atomic E-state index is 0.168. The molecule has 0 spiro atoms. The number of benzene rings is 4. The molecule has 0 unspecified atom stereocenters. The monoisotopic (exact) mass is 548 g/mol. The van der Waals surface area contributed by atoms with E-state index in [1.807, 2.05) is 0 Å². The van der Waals surface area contributed by atoms with Crippen LogP contribution < -0.4 is 9.13 Å². The Bertz CT molecular complexity index is 1870. The van der Waals surface area contributed by atoms with Crippen molar-refractivity contribution >= 4 is 34.5 Å². The molecule has 42 heavy (non-hydrogen) atoms. The molecule has 0 saturated heterocycles. The fraction of sp³-hybridized carbons (Fsp3) is 0.211. The van der Waals surface area contributed by atoms with Gasteiger partial charge >= 0.3 is 0 Å². The average molecular weight is 549 g/mol. The predicted octanol–water partition coefficient (Wildman–Crippen LogP) is 8.01. The van der Waals surface area contributed by atoms with Gasteiger partial charge in [-0.2, -0.15) is 0 Å². The summed E-state index contributed by atoms with van der Waals surface area (Å²) < 4.78 is 9.46. The van der Waals surface area contributed by atoms with Crippen LogP contribution in [0.4, 0.5) is 0 Å². The molecule has 4 nitrogen and oxygen atoms in total. The second kappa shape index (κ2) is 9.42. The lowest BCUT2D eigenvalue weighted by Gasteiger charge is -2.43. The van der Waals surface area contributed by atoms with Gasteiger partial charge in [-0.05, 0) is 74.2 Å². The summed E-state index contributed by atoms with van der Waals surface area (Å²) in [6.07, 6.45) is 9.38. The van der Waals surface area contributed by atoms with Gasteiger partial charge in [-0.1, -0.05) is 72.8 Å². The second-order valence-electron chi connectivity index (χ2n) is 12.3. The molecule has 0 aliphatic heterocycles. The van der Waals surface area contributed by atoms with Crippen LogP contribution in [0.2, 0.25) is 0 Å². The van der Waals surface area contributed by atoms with E-state index in [1.165, 1.54) is 55.5 Å². The Balaban J connectivity index is 1.45. The van der Waals surface area contributed by atoms with E-state index in [1.54, 1.807) is 0 Å². The van der Waals surface area contributed by atoms with Gasteiger partial charge in [-0.25, -0.2) is 18.3 Å². The average Bonchev–Trinajstić information content (AvgIpc) is 3.57. The number of imidazole rings is 2. The zero-order chi connectivity index (χ0) is 28.5. The van der Waals surface area contributed by atoms with E-state index in [0.29, 0.717) is 12.1 Å². The number of aromatic nitrogens is 4. The fourth-order valence-corrected chi connectivity index (χ4v) is 7.36. The van der Waals surface area contributed by atoms with Crippen molar-refractivity contribution in [2.45, 2.75) is 51.6 Å². The summed E-state index contributed by atoms with van der Waals surface area (Å²) in [7, 11) is 0. The normalized spacial score (nSPS) is 19.5. The van der Waals surface area contributed by atoms with Gasteiger partial charge in [-0.3, -0.25) is 0 Å². The van der Waals surface area contributed by atoms with Crippen molar-refractivity contribution in [2.24, 2.45) is 0 Å². The summed E-state index contributed by atoms with van der Waals surface area (Å²) in [6, 6.07) is 36.4. The first kappa shape index (κ1) is 25.0. The molecule has 2 aromatic heterocycles. The highest BCUT2D eigenvalue weighted by molar-refractivity contribution is 5.81. The molecule has 0 radical (unpaired) electrons. The maximum atomic E-state index is 2.42. The molecule has 0 atom stereocenters. The van der Waals surface area contributed by atoms with Gasteiger partial charge in [0.1, 0.15) is 12.4 Å². The van der Waals surface area contributed by atoms with Gasteiger partial charge in [0.05, 0.1) is 12.1 Å². The Morgan fingerprint density at radius 2 is 0.833 bits per heavy atom. The molecule has 0 fully saturated rings. The number of nitrogens with zero attached hydrogens (tertiary/aromatic N) is 4. The molecule has 2 heterocycles. The Morgan fingerprint density at radius 1 is 0.500 bits per heavy atom. The quantitative estimate of drug-likeness (QED) is 0.199. The Labute approximate surface area is 247 Å². The highest BCUT2D eigenvalue weighted by Crippen LogP contribution is 2.58. The van der Waals surface area contributed by atoms with Crippen LogP contribution >= 0.6 is 0 Å². The lowest BCUT2D eigenvalue weighted by molar-refractivity contribution is -0.692. The minimum Gasteiger partial charge on any atom is -0.227 e. The Morgan fingerprint density at radius 3 is 1.19 bits per heavy atom. The van der Waals surface area contributed by atoms with Crippen LogP contribution in [0.5, 0.6) is 0 Å². The highest BCUT2D eigenvalue weighted by Gasteiger charge is 2.45. The Kier molecular flexibility index (Phi) is 5.62. The van der Waals surface area contributed by atoms with Gasteiger partial charge < -0.3 is 0 Å². The summed E-state index contributed by atoms with van der Waals surface area (Å²) in [6.45, 7) is 9.02. The third-order valence-corrected chi connectivity index (χ3v) is 9.23. The standard InChI is InChI=1S/C38H36N4/c1-25(2)41-23-39(33-17-9-11-19-35(33)41)21-31-32(22-40-24-42(26(3)4)36-20-12-10-18-34(36)40)38-29-15-7-5-13-27(29)37(31)28-14-6-8-16-30(28)38/h5-26,37-38H,1-4H3/q+2/b31-21-,32-22-. The largest absolute Gasteiger partial charge is 0.249 e. The lowest BCUT2D eigenvalue weighted by Crippen LogP contribution is -2.34. The van der Waals surface area contributed by atoms with E-state index in [-0.39, 0.29) is 11.8 Å². The van der Waals surface area contributed by atoms with Crippen molar-refractivity contribution in [1.82, 2.24) is 9.13 Å². The highest BCUT2D eigenvalue weighted by atomic mass is 15.1. The van der Waals surface area contributed by atoms with Crippen molar-refractivity contribution in [3.8, 4) is 0 Å². The summed E-state index contributed by atoms with van der Waals surface area (Å²) in [4.78, 5) is 0. The molecule has 2 bridgehead atoms. The van der Waals surface area contributed by atoms with E-state index in [0.717, 1.165) is 0 Å². The van der Waals surface area contributed by atoms with Crippen molar-refractivity contribution in [1.29, 1.82) is 0 Å². The van der Waals surface area contributed by atoms with Gasteiger partial charge in [-0.15, -0.1) is 0 Å². The van der Waals surface area contributed by atoms with Crippen LogP contribution in [-0.2, 0) is 0 Å². The fourth-order valence-electron chi connectivity index (χ4n) is 7.36. The molecule has 3 aliphatic rings. The van der Waals surface area contributed by atoms with Crippen LogP contribution in [0.1, 0.15) is 73.9 Å². The molecule has 0 N–H and O–H groups in total. The zero-order valence-corrected chi connectivity index (χ0v) is 24.6. The molecular formula is C38H36N4+2. The van der Waals surface area contributed by atoms with Crippen molar-refractivity contribution in [3.63, 3.8) is 0 Å². The topological polar surface area (TPSA) is 17.6 Å². The summed E-state index contributed by atoms with van der Waals surface area (Å²) in [5.74, 6) is 0.336. The number of rotatable bonds is 4. The van der Waals surface area contributed by atoms with Crippen molar-refractivity contribution in [2.75, 3.05) is 0 Å². The van der Waals surface area contributed by atoms with E-state index in [9.17, 15) is 0 Å². The molecule has 4 heteroatoms. The van der Waals surface area contributed by atoms with E-state index >= 15 is 0 Å². The van der Waals surface area contributed by atoms with Gasteiger partial charge in [0.25, 0.3) is 0 Å². The maximum Gasteiger partial charge on any atom is 0.249 e. The summed E-state index contributed by atoms with van der Waals surface area (Å²) >= 11 is 0. The second-order valence-corrected chi connectivity index (χ2v) is 12.3. The third-order valence-electron chi connectivity index (χ3n) is 9.23. The van der Waals surface area contributed by atoms with E-state index in [2.05, 4.69) is 168 Å². The molecular weight excluding hydrogens is 512 g/mol. The molecule has 6 aromatic rings. The molecule has 0 amide bonds. The first-order chi connectivity index (χ1) is 20.5. The number of hydrogen-bond donors (Lipinski definition) is 0. The zero-order valence-electron chi connectivity index (χ0n) is 24.6. The summed E-state index contributed by atoms with van der Waals surface area (Å²) in [5.41, 5.74) is 13.4. The van der Waals surface area contributed by atoms with E-state index < -0.39 is 0 Å². The molecule has 4 aromatic carbocycles. The number of para-hydroxylation sites is 4. The first-order valence-corrected chi connectivity index (χ1v) is 15.1. The SMILES string of the molecule is CC(C)[n+]1cn(/C=C2/C(=C/n3c[n+](C(C)C)c4ccccc43)C3c4ccccc4C2c2ccccc23)c2ccccc21. The first-order valence-electron chi connectivity index (χ1n) is 15.1. The molecule has 206 valence electrons. The third kappa shape index (κ3) is 3.61. The van der Waals surface area contributed by atoms with Gasteiger partial charge in [0.15, 0.2) is 22.1 Å². The molecule has 3 aliphatic carbocycles. The van der Waals surface area contributed by atoms with E-state index in [4.69, 9.17) is 0 Å². The lowest BCUT2D eigenvalue weighted by atomic mass is 9.59. The van der Waals surface area contributed by atoms with Gasteiger partial charge in [0.2, 0.25) is 12.7 Å². The number of hydrogen-bond acceptors (Lipinski definition) is 0. The molecule has 9 rings (SSSR count). The maximum absolute atomic E-state index is 2.42. The summed E-state index contributed by atoms with van der Waals surface area (Å²) in [5, 5.41) is 0. The van der Waals surface area contributed by atoms with Crippen molar-refractivity contribution in [3.05, 3.63) is 143 Å². The Hall–Kier alpha value is -4.70. The van der Waals surface area contributed by atoms with Crippen LogP contribution in [0.15, 0.2) is 121 Å². The number of fused-ring (bicyclic) bond motifs is 3. The van der Waals surface area contributed by atoms with Crippen molar-refractivity contribution < 1.29 is 9.13 Å². The smallest absolute Gasteiger partial charge is 0.227 e. The van der Waals surface area contributed by atoms with Crippen LogP contribution in [0, 0.1) is 0 Å². The van der Waals surface area contributed by atoms with Crippen LogP contribution in [0.3, 0.4) is 0 Å². The predicted molar refractivity (Wildman–Crippen MR) is 170 cm³/mol. The van der Waals surface area contributed by atoms with Crippen LogP contribution in [-0.4, -0.2) is 9.13 Å². The minimum atomic E-state index is 0.168. The van der Waals surface area contributed by atoms with Gasteiger partial charge in [0, 0.05) is 23.0 Å². The molecule has 0 saturated carbocycles. The van der Waals surface area contributed by atoms with Crippen LogP contribution in [0.25, 0.3) is 34.5 Å².